The van der Waals surface area contributed by atoms with Crippen molar-refractivity contribution >= 4 is 21.8 Å². The first-order valence-electron chi connectivity index (χ1n) is 6.78. The summed E-state index contributed by atoms with van der Waals surface area (Å²) >= 11 is 3.35. The van der Waals surface area contributed by atoms with Gasteiger partial charge in [0.2, 0.25) is 11.8 Å². The van der Waals surface area contributed by atoms with E-state index in [-0.39, 0.29) is 24.8 Å². The van der Waals surface area contributed by atoms with Crippen LogP contribution in [0.1, 0.15) is 44.9 Å². The van der Waals surface area contributed by atoms with Crippen LogP contribution in [-0.2, 0) is 4.79 Å². The molecule has 0 aromatic heterocycles. The highest BCUT2D eigenvalue weighted by Crippen LogP contribution is 2.40. The van der Waals surface area contributed by atoms with Gasteiger partial charge in [0.1, 0.15) is 0 Å². The maximum Gasteiger partial charge on any atom is 0.248 e. The molecule has 2 aliphatic carbocycles. The molecular weight excluding hydrogens is 304 g/mol. The monoisotopic (exact) mass is 323 g/mol. The first-order valence-corrected chi connectivity index (χ1v) is 7.90. The number of amides is 1. The van der Waals surface area contributed by atoms with Crippen molar-refractivity contribution < 1.29 is 13.6 Å². The third kappa shape index (κ3) is 3.22. The summed E-state index contributed by atoms with van der Waals surface area (Å²) in [6.07, 6.45) is 4.32. The molecule has 0 aromatic carbocycles. The number of rotatable bonds is 4. The number of hydrogen-bond acceptors (Lipinski definition) is 1. The smallest absolute Gasteiger partial charge is 0.248 e. The Labute approximate surface area is 115 Å². The molecule has 0 bridgehead atoms. The average molecular weight is 324 g/mol. The maximum atomic E-state index is 13.2. The Hall–Kier alpha value is -0.190. The third-order valence-corrected chi connectivity index (χ3v) is 4.48. The van der Waals surface area contributed by atoms with Gasteiger partial charge in [-0.3, -0.25) is 4.79 Å². The van der Waals surface area contributed by atoms with Crippen molar-refractivity contribution in [2.75, 3.05) is 11.9 Å². The van der Waals surface area contributed by atoms with Crippen LogP contribution < -0.4 is 0 Å². The molecule has 2 nitrogen and oxygen atoms in total. The van der Waals surface area contributed by atoms with Gasteiger partial charge < -0.3 is 4.90 Å². The Bertz CT molecular complexity index is 305. The summed E-state index contributed by atoms with van der Waals surface area (Å²) in [6, 6.07) is 0.282. The quantitative estimate of drug-likeness (QED) is 0.724. The van der Waals surface area contributed by atoms with Gasteiger partial charge in [-0.15, -0.1) is 0 Å². The Morgan fingerprint density at radius 1 is 1.28 bits per heavy atom. The minimum Gasteiger partial charge on any atom is -0.339 e. The fourth-order valence-corrected chi connectivity index (χ4v) is 3.56. The lowest BCUT2D eigenvalue weighted by molar-refractivity contribution is -0.138. The SMILES string of the molecule is O=C(C1CCC(F)(F)C1)N(CCBr)C1CCCC1. The van der Waals surface area contributed by atoms with Gasteiger partial charge in [0, 0.05) is 36.7 Å². The van der Waals surface area contributed by atoms with E-state index in [2.05, 4.69) is 15.9 Å². The largest absolute Gasteiger partial charge is 0.339 e. The molecule has 0 saturated heterocycles. The van der Waals surface area contributed by atoms with E-state index in [9.17, 15) is 13.6 Å². The van der Waals surface area contributed by atoms with Crippen LogP contribution in [0.15, 0.2) is 0 Å². The average Bonchev–Trinajstić information content (AvgIpc) is 2.94. The van der Waals surface area contributed by atoms with Crippen molar-refractivity contribution in [2.24, 2.45) is 5.92 Å². The second-order valence-corrected chi connectivity index (χ2v) is 6.25. The Morgan fingerprint density at radius 2 is 1.94 bits per heavy atom. The molecule has 1 unspecified atom stereocenters. The van der Waals surface area contributed by atoms with Crippen molar-refractivity contribution in [1.82, 2.24) is 4.90 Å². The number of alkyl halides is 3. The molecule has 0 radical (unpaired) electrons. The Kier molecular flexibility index (Phi) is 4.62. The molecule has 2 fully saturated rings. The van der Waals surface area contributed by atoms with Gasteiger partial charge in [-0.25, -0.2) is 8.78 Å². The summed E-state index contributed by atoms with van der Waals surface area (Å²) in [4.78, 5) is 14.2. The summed E-state index contributed by atoms with van der Waals surface area (Å²) in [6.45, 7) is 0.644. The normalized spacial score (nSPS) is 27.6. The van der Waals surface area contributed by atoms with E-state index in [0.29, 0.717) is 13.0 Å². The van der Waals surface area contributed by atoms with Gasteiger partial charge >= 0.3 is 0 Å². The minimum atomic E-state index is -2.63. The second-order valence-electron chi connectivity index (χ2n) is 5.45. The highest BCUT2D eigenvalue weighted by molar-refractivity contribution is 9.09. The van der Waals surface area contributed by atoms with Crippen LogP contribution in [0.4, 0.5) is 8.78 Å². The first-order chi connectivity index (χ1) is 8.53. The minimum absolute atomic E-state index is 0.0430. The molecule has 0 heterocycles. The molecule has 2 saturated carbocycles. The van der Waals surface area contributed by atoms with Crippen molar-refractivity contribution in [2.45, 2.75) is 56.9 Å². The van der Waals surface area contributed by atoms with Crippen LogP contribution in [0, 0.1) is 5.92 Å². The van der Waals surface area contributed by atoms with Crippen molar-refractivity contribution in [3.8, 4) is 0 Å². The van der Waals surface area contributed by atoms with Gasteiger partial charge in [0.05, 0.1) is 0 Å². The zero-order chi connectivity index (χ0) is 13.2. The summed E-state index contributed by atoms with van der Waals surface area (Å²) in [7, 11) is 0. The zero-order valence-electron chi connectivity index (χ0n) is 10.5. The van der Waals surface area contributed by atoms with E-state index >= 15 is 0 Å². The Morgan fingerprint density at radius 3 is 2.44 bits per heavy atom. The number of hydrogen-bond donors (Lipinski definition) is 0. The highest BCUT2D eigenvalue weighted by Gasteiger charge is 2.44. The fraction of sp³-hybridized carbons (Fsp3) is 0.923. The molecule has 2 aliphatic rings. The van der Waals surface area contributed by atoms with Crippen LogP contribution in [0.3, 0.4) is 0 Å². The fourth-order valence-electron chi connectivity index (χ4n) is 3.18. The van der Waals surface area contributed by atoms with Crippen LogP contribution in [0.2, 0.25) is 0 Å². The van der Waals surface area contributed by atoms with Gasteiger partial charge in [-0.05, 0) is 19.3 Å². The zero-order valence-corrected chi connectivity index (χ0v) is 12.1. The van der Waals surface area contributed by atoms with E-state index in [1.807, 2.05) is 4.90 Å². The predicted molar refractivity (Wildman–Crippen MR) is 70.1 cm³/mol. The third-order valence-electron chi connectivity index (χ3n) is 4.13. The van der Waals surface area contributed by atoms with Crippen LogP contribution in [0.5, 0.6) is 0 Å². The topological polar surface area (TPSA) is 20.3 Å². The molecule has 0 N–H and O–H groups in total. The molecule has 0 aromatic rings. The summed E-state index contributed by atoms with van der Waals surface area (Å²) < 4.78 is 26.4. The lowest BCUT2D eigenvalue weighted by Crippen LogP contribution is -2.43. The van der Waals surface area contributed by atoms with E-state index < -0.39 is 11.8 Å². The number of carbonyl (C=O) groups is 1. The summed E-state index contributed by atoms with van der Waals surface area (Å²) in [5, 5.41) is 0.721. The van der Waals surface area contributed by atoms with Gasteiger partial charge in [0.25, 0.3) is 0 Å². The van der Waals surface area contributed by atoms with Crippen LogP contribution >= 0.6 is 15.9 Å². The van der Waals surface area contributed by atoms with Crippen molar-refractivity contribution in [3.05, 3.63) is 0 Å². The van der Waals surface area contributed by atoms with E-state index in [0.717, 1.165) is 31.0 Å². The molecule has 18 heavy (non-hydrogen) atoms. The number of halogens is 3. The van der Waals surface area contributed by atoms with E-state index in [1.165, 1.54) is 0 Å². The van der Waals surface area contributed by atoms with Crippen LogP contribution in [0.25, 0.3) is 0 Å². The molecule has 0 spiro atoms. The molecular formula is C13H20BrF2NO. The van der Waals surface area contributed by atoms with Crippen molar-refractivity contribution in [1.29, 1.82) is 0 Å². The number of carbonyl (C=O) groups excluding carboxylic acids is 1. The molecule has 104 valence electrons. The van der Waals surface area contributed by atoms with Crippen molar-refractivity contribution in [3.63, 3.8) is 0 Å². The van der Waals surface area contributed by atoms with E-state index in [4.69, 9.17) is 0 Å². The molecule has 5 heteroatoms. The van der Waals surface area contributed by atoms with E-state index in [1.54, 1.807) is 0 Å². The standard InChI is InChI=1S/C13H20BrF2NO/c14-7-8-17(11-3-1-2-4-11)12(18)10-5-6-13(15,16)9-10/h10-11H,1-9H2. The highest BCUT2D eigenvalue weighted by atomic mass is 79.9. The number of nitrogens with zero attached hydrogens (tertiary/aromatic N) is 1. The van der Waals surface area contributed by atoms with Gasteiger partial charge in [-0.1, -0.05) is 28.8 Å². The Balaban J connectivity index is 1.99. The molecule has 2 rings (SSSR count). The van der Waals surface area contributed by atoms with Gasteiger partial charge in [0.15, 0.2) is 0 Å². The molecule has 1 amide bonds. The second kappa shape index (κ2) is 5.85. The lowest BCUT2D eigenvalue weighted by Gasteiger charge is -2.30. The maximum absolute atomic E-state index is 13.2. The van der Waals surface area contributed by atoms with Crippen LogP contribution in [-0.4, -0.2) is 34.6 Å². The summed E-state index contributed by atoms with van der Waals surface area (Å²) in [5.74, 6) is -3.13. The summed E-state index contributed by atoms with van der Waals surface area (Å²) in [5.41, 5.74) is 0. The first kappa shape index (κ1) is 14.2. The predicted octanol–water partition coefficient (Wildman–Crippen LogP) is 3.59. The molecule has 1 atom stereocenters. The lowest BCUT2D eigenvalue weighted by atomic mass is 10.0. The molecule has 0 aliphatic heterocycles. The van der Waals surface area contributed by atoms with Gasteiger partial charge in [-0.2, -0.15) is 0 Å².